The van der Waals surface area contributed by atoms with Crippen LogP contribution in [0.25, 0.3) is 11.1 Å². The van der Waals surface area contributed by atoms with Crippen LogP contribution in [0.4, 0.5) is 17.1 Å². The summed E-state index contributed by atoms with van der Waals surface area (Å²) in [6, 6.07) is 35.4. The molecule has 2 heteroatoms. The van der Waals surface area contributed by atoms with Gasteiger partial charge in [-0.15, -0.1) is 0 Å². The molecule has 0 unspecified atom stereocenters. The number of hydrogen-bond acceptors (Lipinski definition) is 2. The zero-order valence-electron chi connectivity index (χ0n) is 21.0. The number of aryl methyl sites for hydroxylation is 2. The summed E-state index contributed by atoms with van der Waals surface area (Å²) in [6.07, 6.45) is 1.10. The second-order valence-electron chi connectivity index (χ2n) is 9.03. The topological polar surface area (TPSA) is 6.48 Å². The second-order valence-corrected chi connectivity index (χ2v) is 9.03. The first-order valence-corrected chi connectivity index (χ1v) is 12.4. The van der Waals surface area contributed by atoms with Gasteiger partial charge in [0.15, 0.2) is 0 Å². The first-order chi connectivity index (χ1) is 16.6. The molecule has 174 valence electrons. The molecule has 0 atom stereocenters. The predicted molar refractivity (Wildman–Crippen MR) is 148 cm³/mol. The average molecular weight is 449 g/mol. The van der Waals surface area contributed by atoms with Gasteiger partial charge in [0.2, 0.25) is 0 Å². The molecule has 0 aliphatic heterocycles. The molecule has 0 aromatic heterocycles. The molecular formula is C32H36N2. The number of likely N-dealkylation sites (N-methyl/N-ethyl adjacent to an activating group) is 1. The Bertz CT molecular complexity index is 1110. The summed E-state index contributed by atoms with van der Waals surface area (Å²) in [5, 5.41) is 0. The highest BCUT2D eigenvalue weighted by molar-refractivity contribution is 5.78. The van der Waals surface area contributed by atoms with Crippen molar-refractivity contribution in [3.05, 3.63) is 114 Å². The summed E-state index contributed by atoms with van der Waals surface area (Å²) in [5.74, 6) is 0. The molecule has 0 aliphatic rings. The van der Waals surface area contributed by atoms with Crippen molar-refractivity contribution in [1.82, 2.24) is 4.90 Å². The highest BCUT2D eigenvalue weighted by Gasteiger charge is 2.12. The van der Waals surface area contributed by atoms with Gasteiger partial charge in [-0.1, -0.05) is 85.6 Å². The highest BCUT2D eigenvalue weighted by Crippen LogP contribution is 2.35. The molecule has 0 amide bonds. The van der Waals surface area contributed by atoms with Gasteiger partial charge in [0.05, 0.1) is 0 Å². The Morgan fingerprint density at radius 2 is 0.882 bits per heavy atom. The van der Waals surface area contributed by atoms with Gasteiger partial charge < -0.3 is 9.80 Å². The van der Waals surface area contributed by atoms with Crippen molar-refractivity contribution < 1.29 is 0 Å². The monoisotopic (exact) mass is 448 g/mol. The van der Waals surface area contributed by atoms with E-state index in [-0.39, 0.29) is 0 Å². The summed E-state index contributed by atoms with van der Waals surface area (Å²) in [6.45, 7) is 12.1. The maximum absolute atomic E-state index is 2.47. The lowest BCUT2D eigenvalue weighted by molar-refractivity contribution is 0.308. The molecule has 4 rings (SSSR count). The normalized spacial score (nSPS) is 11.1. The van der Waals surface area contributed by atoms with Crippen LogP contribution < -0.4 is 4.90 Å². The van der Waals surface area contributed by atoms with Gasteiger partial charge in [-0.25, -0.2) is 0 Å². The van der Waals surface area contributed by atoms with Crippen LogP contribution >= 0.6 is 0 Å². The smallest absolute Gasteiger partial charge is 0.0462 e. The molecule has 0 heterocycles. The van der Waals surface area contributed by atoms with Crippen LogP contribution in [0.3, 0.4) is 0 Å². The fourth-order valence-corrected chi connectivity index (χ4v) is 4.33. The Hall–Kier alpha value is -3.36. The summed E-state index contributed by atoms with van der Waals surface area (Å²) in [4.78, 5) is 4.79. The molecule has 4 aromatic rings. The number of rotatable bonds is 9. The van der Waals surface area contributed by atoms with E-state index >= 15 is 0 Å². The molecule has 0 N–H and O–H groups in total. The number of anilines is 3. The molecule has 0 radical (unpaired) electrons. The highest BCUT2D eigenvalue weighted by atomic mass is 15.1. The van der Waals surface area contributed by atoms with Crippen LogP contribution in [0.1, 0.15) is 30.5 Å². The number of hydrogen-bond donors (Lipinski definition) is 0. The summed E-state index contributed by atoms with van der Waals surface area (Å²) >= 11 is 0. The van der Waals surface area contributed by atoms with Crippen LogP contribution in [0.5, 0.6) is 0 Å². The van der Waals surface area contributed by atoms with Crippen LogP contribution in [0, 0.1) is 13.8 Å². The Morgan fingerprint density at radius 3 is 1.29 bits per heavy atom. The van der Waals surface area contributed by atoms with Crippen LogP contribution in [0.2, 0.25) is 0 Å². The quantitative estimate of drug-likeness (QED) is 0.254. The minimum Gasteiger partial charge on any atom is -0.311 e. The molecule has 4 aromatic carbocycles. The Balaban J connectivity index is 1.56. The summed E-state index contributed by atoms with van der Waals surface area (Å²) in [7, 11) is 0. The molecule has 0 saturated carbocycles. The SMILES string of the molecule is CCN(CC)CCc1ccc(-c2ccc(N(c3ccc(C)cc3)c3ccc(C)cc3)cc2)cc1. The maximum atomic E-state index is 2.47. The zero-order chi connectivity index (χ0) is 23.9. The van der Waals surface area contributed by atoms with E-state index in [1.807, 2.05) is 0 Å². The Kier molecular flexibility index (Phi) is 7.82. The maximum Gasteiger partial charge on any atom is 0.0462 e. The van der Waals surface area contributed by atoms with E-state index in [1.165, 1.54) is 39.2 Å². The van der Waals surface area contributed by atoms with Gasteiger partial charge in [-0.2, -0.15) is 0 Å². The van der Waals surface area contributed by atoms with E-state index in [9.17, 15) is 0 Å². The Morgan fingerprint density at radius 1 is 0.500 bits per heavy atom. The summed E-state index contributed by atoms with van der Waals surface area (Å²) in [5.41, 5.74) is 9.93. The molecule has 0 fully saturated rings. The molecule has 2 nitrogen and oxygen atoms in total. The largest absolute Gasteiger partial charge is 0.311 e. The molecule has 34 heavy (non-hydrogen) atoms. The van der Waals surface area contributed by atoms with Gasteiger partial charge in [0.25, 0.3) is 0 Å². The van der Waals surface area contributed by atoms with Crippen molar-refractivity contribution in [2.45, 2.75) is 34.1 Å². The third-order valence-corrected chi connectivity index (χ3v) is 6.61. The van der Waals surface area contributed by atoms with E-state index in [1.54, 1.807) is 0 Å². The first-order valence-electron chi connectivity index (χ1n) is 12.4. The van der Waals surface area contributed by atoms with Gasteiger partial charge >= 0.3 is 0 Å². The fraction of sp³-hybridized carbons (Fsp3) is 0.250. The van der Waals surface area contributed by atoms with E-state index in [2.05, 4.69) is 135 Å². The van der Waals surface area contributed by atoms with Crippen LogP contribution in [0.15, 0.2) is 97.1 Å². The second kappa shape index (κ2) is 11.2. The standard InChI is InChI=1S/C32H36N2/c1-5-33(6-2)24-23-27-11-13-28(14-12-27)29-15-21-32(22-16-29)34(30-17-7-25(3)8-18-30)31-19-9-26(4)10-20-31/h7-22H,5-6,23-24H2,1-4H3. The van der Waals surface area contributed by atoms with E-state index in [4.69, 9.17) is 0 Å². The van der Waals surface area contributed by atoms with Crippen molar-refractivity contribution in [2.75, 3.05) is 24.5 Å². The predicted octanol–water partition coefficient (Wildman–Crippen LogP) is 8.32. The van der Waals surface area contributed by atoms with Gasteiger partial charge in [-0.3, -0.25) is 0 Å². The summed E-state index contributed by atoms with van der Waals surface area (Å²) < 4.78 is 0. The molecule has 0 bridgehead atoms. The third-order valence-electron chi connectivity index (χ3n) is 6.61. The van der Waals surface area contributed by atoms with E-state index < -0.39 is 0 Å². The minimum absolute atomic E-state index is 1.10. The number of nitrogens with zero attached hydrogens (tertiary/aromatic N) is 2. The van der Waals surface area contributed by atoms with E-state index in [0.29, 0.717) is 0 Å². The van der Waals surface area contributed by atoms with E-state index in [0.717, 1.165) is 31.7 Å². The van der Waals surface area contributed by atoms with Crippen LogP contribution in [-0.2, 0) is 6.42 Å². The van der Waals surface area contributed by atoms with Gasteiger partial charge in [0.1, 0.15) is 0 Å². The lowest BCUT2D eigenvalue weighted by atomic mass is 10.0. The molecule has 0 aliphatic carbocycles. The van der Waals surface area contributed by atoms with Gasteiger partial charge in [0, 0.05) is 23.6 Å². The lowest BCUT2D eigenvalue weighted by Gasteiger charge is -2.26. The Labute approximate surface area is 205 Å². The minimum atomic E-state index is 1.10. The van der Waals surface area contributed by atoms with Crippen LogP contribution in [-0.4, -0.2) is 24.5 Å². The molecule has 0 saturated heterocycles. The van der Waals surface area contributed by atoms with Crippen molar-refractivity contribution in [2.24, 2.45) is 0 Å². The molecule has 0 spiro atoms. The van der Waals surface area contributed by atoms with Crippen molar-refractivity contribution in [3.63, 3.8) is 0 Å². The third kappa shape index (κ3) is 5.76. The van der Waals surface area contributed by atoms with Crippen molar-refractivity contribution in [1.29, 1.82) is 0 Å². The number of benzene rings is 4. The van der Waals surface area contributed by atoms with Crippen molar-refractivity contribution >= 4 is 17.1 Å². The first kappa shape index (κ1) is 23.8. The fourth-order valence-electron chi connectivity index (χ4n) is 4.33. The average Bonchev–Trinajstić information content (AvgIpc) is 2.88. The molecular weight excluding hydrogens is 412 g/mol. The lowest BCUT2D eigenvalue weighted by Crippen LogP contribution is -2.25. The zero-order valence-corrected chi connectivity index (χ0v) is 21.0. The van der Waals surface area contributed by atoms with Gasteiger partial charge in [-0.05, 0) is 86.4 Å². The van der Waals surface area contributed by atoms with Crippen molar-refractivity contribution in [3.8, 4) is 11.1 Å².